The number of ether oxygens (including phenoxy) is 2. The molecule has 0 aliphatic rings. The van der Waals surface area contributed by atoms with E-state index in [2.05, 4.69) is 38.2 Å². The molecule has 0 fully saturated rings. The van der Waals surface area contributed by atoms with Crippen molar-refractivity contribution in [1.82, 2.24) is 0 Å². The van der Waals surface area contributed by atoms with E-state index >= 15 is 0 Å². The summed E-state index contributed by atoms with van der Waals surface area (Å²) in [5.74, 6) is -0.378. The van der Waals surface area contributed by atoms with E-state index in [0.29, 0.717) is 6.61 Å². The first-order valence-electron chi connectivity index (χ1n) is 28.8. The fourth-order valence-corrected chi connectivity index (χ4v) is 9.30. The molecule has 0 spiro atoms. The monoisotopic (exact) mass is 971 g/mol. The number of aliphatic hydroxyl groups is 2. The molecule has 0 amide bonds. The number of esters is 1. The van der Waals surface area contributed by atoms with E-state index in [1.807, 2.05) is 0 Å². The minimum absolute atomic E-state index is 0.0541. The van der Waals surface area contributed by atoms with Crippen LogP contribution in [0.15, 0.2) is 24.3 Å². The maximum Gasteiger partial charge on any atom is 0.472 e. The van der Waals surface area contributed by atoms with Crippen LogP contribution in [0.2, 0.25) is 0 Å². The first-order chi connectivity index (χ1) is 32.8. The largest absolute Gasteiger partial charge is 0.472 e. The lowest BCUT2D eigenvalue weighted by Crippen LogP contribution is -2.29. The van der Waals surface area contributed by atoms with Gasteiger partial charge in [0.1, 0.15) is 12.2 Å². The van der Waals surface area contributed by atoms with Gasteiger partial charge < -0.3 is 24.6 Å². The first-order valence-corrected chi connectivity index (χ1v) is 30.3. The Kier molecular flexibility index (Phi) is 53.4. The number of carbonyl (C=O) groups excluding carboxylic acids is 1. The standard InChI is InChI=1S/C57H111O9P/c1-3-5-7-9-11-13-15-17-19-21-23-25-27-29-31-33-35-37-39-41-43-45-47-49-57(60)66-56(54-65-67(61,62)64-52-55(59)51-58)53-63-50-48-46-44-42-40-38-36-34-32-30-28-26-24-22-20-18-16-14-12-10-8-6-4-2/h15,17,21,23,55-56,58-59H,3-14,16,18-20,22,24-54H2,1-2H3,(H,61,62)/b17-15-,23-21-. The summed E-state index contributed by atoms with van der Waals surface area (Å²) in [5, 5.41) is 18.5. The fraction of sp³-hybridized carbons (Fsp3) is 0.912. The third-order valence-corrected chi connectivity index (χ3v) is 13.8. The molecular weight excluding hydrogens is 860 g/mol. The van der Waals surface area contributed by atoms with Gasteiger partial charge in [-0.25, -0.2) is 4.57 Å². The van der Waals surface area contributed by atoms with Crippen LogP contribution < -0.4 is 0 Å². The normalized spacial score (nSPS) is 13.8. The van der Waals surface area contributed by atoms with Crippen LogP contribution in [-0.4, -0.2) is 66.3 Å². The van der Waals surface area contributed by atoms with Crippen molar-refractivity contribution in [3.8, 4) is 0 Å². The Labute approximate surface area is 414 Å². The highest BCUT2D eigenvalue weighted by atomic mass is 31.2. The van der Waals surface area contributed by atoms with Gasteiger partial charge in [-0.2, -0.15) is 0 Å². The Hall–Kier alpha value is -1.06. The summed E-state index contributed by atoms with van der Waals surface area (Å²) in [6.45, 7) is 3.58. The second kappa shape index (κ2) is 54.3. The first kappa shape index (κ1) is 65.9. The van der Waals surface area contributed by atoms with E-state index < -0.39 is 33.2 Å². The topological polar surface area (TPSA) is 132 Å². The maximum absolute atomic E-state index is 12.7. The molecule has 0 radical (unpaired) electrons. The molecule has 0 aromatic heterocycles. The van der Waals surface area contributed by atoms with Crippen molar-refractivity contribution >= 4 is 13.8 Å². The van der Waals surface area contributed by atoms with Gasteiger partial charge in [-0.05, 0) is 44.9 Å². The minimum atomic E-state index is -4.52. The van der Waals surface area contributed by atoms with Crippen LogP contribution in [0.1, 0.15) is 290 Å². The summed E-state index contributed by atoms with van der Waals surface area (Å²) in [6, 6.07) is 0. The molecule has 0 aliphatic carbocycles. The number of hydrogen-bond donors (Lipinski definition) is 3. The molecule has 0 rings (SSSR count). The summed E-state index contributed by atoms with van der Waals surface area (Å²) in [4.78, 5) is 22.8. The number of aliphatic hydroxyl groups excluding tert-OH is 2. The Morgan fingerprint density at radius 3 is 1.19 bits per heavy atom. The molecule has 10 heteroatoms. The van der Waals surface area contributed by atoms with Crippen molar-refractivity contribution in [2.24, 2.45) is 0 Å². The number of rotatable bonds is 56. The Balaban J connectivity index is 3.98. The van der Waals surface area contributed by atoms with Crippen molar-refractivity contribution in [1.29, 1.82) is 0 Å². The Morgan fingerprint density at radius 2 is 0.806 bits per heavy atom. The van der Waals surface area contributed by atoms with Crippen LogP contribution in [0.4, 0.5) is 0 Å². The zero-order valence-electron chi connectivity index (χ0n) is 44.1. The third-order valence-electron chi connectivity index (χ3n) is 12.9. The van der Waals surface area contributed by atoms with Gasteiger partial charge in [-0.15, -0.1) is 0 Å². The zero-order valence-corrected chi connectivity index (χ0v) is 45.0. The smallest absolute Gasteiger partial charge is 0.457 e. The molecule has 0 bridgehead atoms. The van der Waals surface area contributed by atoms with Crippen molar-refractivity contribution in [3.63, 3.8) is 0 Å². The average molecular weight is 971 g/mol. The number of hydrogen-bond acceptors (Lipinski definition) is 8. The predicted octanol–water partition coefficient (Wildman–Crippen LogP) is 17.3. The van der Waals surface area contributed by atoms with Gasteiger partial charge in [0.2, 0.25) is 0 Å². The van der Waals surface area contributed by atoms with Gasteiger partial charge in [-0.3, -0.25) is 13.8 Å². The number of carbonyl (C=O) groups is 1. The molecule has 0 saturated carbocycles. The van der Waals surface area contributed by atoms with Crippen LogP contribution >= 0.6 is 7.82 Å². The summed E-state index contributed by atoms with van der Waals surface area (Å²) < 4.78 is 33.6. The highest BCUT2D eigenvalue weighted by Crippen LogP contribution is 2.43. The van der Waals surface area contributed by atoms with Gasteiger partial charge >= 0.3 is 13.8 Å². The Morgan fingerprint density at radius 1 is 0.463 bits per heavy atom. The van der Waals surface area contributed by atoms with Gasteiger partial charge in [-0.1, -0.05) is 263 Å². The highest BCUT2D eigenvalue weighted by Gasteiger charge is 2.26. The van der Waals surface area contributed by atoms with Gasteiger partial charge in [0, 0.05) is 13.0 Å². The molecule has 398 valence electrons. The summed E-state index contributed by atoms with van der Waals surface area (Å²) >= 11 is 0. The van der Waals surface area contributed by atoms with Crippen molar-refractivity contribution < 1.29 is 43.0 Å². The number of unbranched alkanes of at least 4 members (excludes halogenated alkanes) is 38. The summed E-state index contributed by atoms with van der Waals surface area (Å²) in [7, 11) is -4.52. The predicted molar refractivity (Wildman–Crippen MR) is 284 cm³/mol. The molecule has 0 heterocycles. The van der Waals surface area contributed by atoms with Crippen molar-refractivity contribution in [2.75, 3.05) is 33.0 Å². The molecule has 3 unspecified atom stereocenters. The quantitative estimate of drug-likeness (QED) is 0.0236. The molecule has 9 nitrogen and oxygen atoms in total. The molecule has 0 saturated heterocycles. The van der Waals surface area contributed by atoms with Gasteiger partial charge in [0.05, 0.1) is 26.4 Å². The highest BCUT2D eigenvalue weighted by molar-refractivity contribution is 7.47. The fourth-order valence-electron chi connectivity index (χ4n) is 8.51. The van der Waals surface area contributed by atoms with E-state index in [4.69, 9.17) is 23.6 Å². The van der Waals surface area contributed by atoms with Crippen LogP contribution in [0, 0.1) is 0 Å². The van der Waals surface area contributed by atoms with E-state index in [9.17, 15) is 19.4 Å². The van der Waals surface area contributed by atoms with Crippen LogP contribution in [0.25, 0.3) is 0 Å². The lowest BCUT2D eigenvalue weighted by Gasteiger charge is -2.20. The zero-order chi connectivity index (χ0) is 48.8. The van der Waals surface area contributed by atoms with Crippen LogP contribution in [0.3, 0.4) is 0 Å². The maximum atomic E-state index is 12.7. The third kappa shape index (κ3) is 54.1. The number of allylic oxidation sites excluding steroid dienone is 4. The number of phosphoric ester groups is 1. The van der Waals surface area contributed by atoms with E-state index in [-0.39, 0.29) is 25.6 Å². The van der Waals surface area contributed by atoms with E-state index in [0.717, 1.165) is 38.5 Å². The van der Waals surface area contributed by atoms with Gasteiger partial charge in [0.25, 0.3) is 0 Å². The second-order valence-corrected chi connectivity index (χ2v) is 21.1. The lowest BCUT2D eigenvalue weighted by atomic mass is 10.0. The molecule has 0 aromatic rings. The Bertz CT molecular complexity index is 1100. The van der Waals surface area contributed by atoms with Crippen molar-refractivity contribution in [2.45, 2.75) is 302 Å². The van der Waals surface area contributed by atoms with E-state index in [1.165, 1.54) is 231 Å². The average Bonchev–Trinajstić information content (AvgIpc) is 3.32. The molecule has 0 aliphatic heterocycles. The SMILES string of the molecule is CCCCCCC/C=C\C/C=C\CCCCCCCCCCCCCC(=O)OC(COCCCCCCCCCCCCCCCCCCCCCCCCC)COP(=O)(O)OCC(O)CO. The second-order valence-electron chi connectivity index (χ2n) is 19.7. The van der Waals surface area contributed by atoms with Crippen LogP contribution in [0.5, 0.6) is 0 Å². The summed E-state index contributed by atoms with van der Waals surface area (Å²) in [5.41, 5.74) is 0. The molecule has 3 N–H and O–H groups in total. The minimum Gasteiger partial charge on any atom is -0.457 e. The van der Waals surface area contributed by atoms with Crippen molar-refractivity contribution in [3.05, 3.63) is 24.3 Å². The molecule has 0 aromatic carbocycles. The summed E-state index contributed by atoms with van der Waals surface area (Å²) in [6.07, 6.45) is 61.6. The number of phosphoric acid groups is 1. The lowest BCUT2D eigenvalue weighted by molar-refractivity contribution is -0.154. The molecule has 67 heavy (non-hydrogen) atoms. The van der Waals surface area contributed by atoms with Crippen LogP contribution in [-0.2, 0) is 27.9 Å². The molecule has 3 atom stereocenters. The van der Waals surface area contributed by atoms with E-state index in [1.54, 1.807) is 0 Å². The van der Waals surface area contributed by atoms with Gasteiger partial charge in [0.15, 0.2) is 0 Å². The molecular formula is C57H111O9P.